The van der Waals surface area contributed by atoms with Crippen LogP contribution in [0, 0.1) is 6.92 Å². The van der Waals surface area contributed by atoms with Crippen LogP contribution >= 0.6 is 27.5 Å². The highest BCUT2D eigenvalue weighted by Crippen LogP contribution is 2.28. The van der Waals surface area contributed by atoms with E-state index in [0.717, 1.165) is 10.0 Å². The average molecular weight is 336 g/mol. The number of hydrogen-bond donors (Lipinski definition) is 2. The lowest BCUT2D eigenvalue weighted by Gasteiger charge is -2.10. The summed E-state index contributed by atoms with van der Waals surface area (Å²) in [5.74, 6) is -0.119. The van der Waals surface area contributed by atoms with Crippen molar-refractivity contribution in [1.29, 1.82) is 0 Å². The van der Waals surface area contributed by atoms with Crippen molar-refractivity contribution < 1.29 is 9.53 Å². The number of rotatable bonds is 6. The van der Waals surface area contributed by atoms with Crippen LogP contribution in [0.2, 0.25) is 5.02 Å². The number of ether oxygens (including phenoxy) is 1. The Labute approximate surface area is 120 Å². The second-order valence-electron chi connectivity index (χ2n) is 3.80. The molecule has 0 spiro atoms. The van der Waals surface area contributed by atoms with Crippen LogP contribution in [-0.4, -0.2) is 32.7 Å². The first kappa shape index (κ1) is 15.4. The molecule has 4 nitrogen and oxygen atoms in total. The molecule has 0 unspecified atom stereocenters. The van der Waals surface area contributed by atoms with Crippen LogP contribution in [0.5, 0.6) is 0 Å². The largest absolute Gasteiger partial charge is 0.383 e. The lowest BCUT2D eigenvalue weighted by atomic mass is 10.2. The van der Waals surface area contributed by atoms with Crippen LogP contribution in [0.4, 0.5) is 5.69 Å². The number of halogens is 2. The van der Waals surface area contributed by atoms with Gasteiger partial charge in [-0.1, -0.05) is 11.6 Å². The van der Waals surface area contributed by atoms with Gasteiger partial charge < -0.3 is 15.4 Å². The van der Waals surface area contributed by atoms with Gasteiger partial charge in [-0.2, -0.15) is 0 Å². The van der Waals surface area contributed by atoms with Gasteiger partial charge in [0.15, 0.2) is 0 Å². The maximum Gasteiger partial charge on any atom is 0.238 e. The van der Waals surface area contributed by atoms with Crippen molar-refractivity contribution >= 4 is 39.1 Å². The van der Waals surface area contributed by atoms with E-state index < -0.39 is 0 Å². The molecular weight excluding hydrogens is 320 g/mol. The van der Waals surface area contributed by atoms with E-state index in [2.05, 4.69) is 26.6 Å². The third-order valence-corrected chi connectivity index (χ3v) is 3.35. The van der Waals surface area contributed by atoms with Crippen molar-refractivity contribution in [1.82, 2.24) is 5.32 Å². The molecule has 100 valence electrons. The summed E-state index contributed by atoms with van der Waals surface area (Å²) in [5.41, 5.74) is 1.63. The zero-order valence-corrected chi connectivity index (χ0v) is 12.7. The SMILES string of the molecule is COCCNCC(=O)Nc1cc(Cl)c(C)cc1Br. The number of aryl methyl sites for hydroxylation is 1. The van der Waals surface area contributed by atoms with E-state index in [1.807, 2.05) is 13.0 Å². The molecule has 0 radical (unpaired) electrons. The molecule has 0 saturated heterocycles. The van der Waals surface area contributed by atoms with Gasteiger partial charge in [-0.15, -0.1) is 0 Å². The normalized spacial score (nSPS) is 10.4. The fraction of sp³-hybridized carbons (Fsp3) is 0.417. The first-order valence-electron chi connectivity index (χ1n) is 5.49. The van der Waals surface area contributed by atoms with E-state index in [0.29, 0.717) is 23.9 Å². The topological polar surface area (TPSA) is 50.4 Å². The van der Waals surface area contributed by atoms with Crippen LogP contribution in [0.25, 0.3) is 0 Å². The maximum atomic E-state index is 11.6. The fourth-order valence-corrected chi connectivity index (χ4v) is 2.03. The minimum atomic E-state index is -0.119. The van der Waals surface area contributed by atoms with Gasteiger partial charge in [-0.3, -0.25) is 4.79 Å². The summed E-state index contributed by atoms with van der Waals surface area (Å²) in [6.07, 6.45) is 0. The van der Waals surface area contributed by atoms with Gasteiger partial charge in [0.1, 0.15) is 0 Å². The first-order chi connectivity index (χ1) is 8.54. The highest BCUT2D eigenvalue weighted by atomic mass is 79.9. The summed E-state index contributed by atoms with van der Waals surface area (Å²) < 4.78 is 5.69. The standard InChI is InChI=1S/C12H16BrClN2O2/c1-8-5-9(13)11(6-10(8)14)16-12(17)7-15-3-4-18-2/h5-6,15H,3-4,7H2,1-2H3,(H,16,17). The Morgan fingerprint density at radius 2 is 2.22 bits per heavy atom. The highest BCUT2D eigenvalue weighted by molar-refractivity contribution is 9.10. The summed E-state index contributed by atoms with van der Waals surface area (Å²) in [6.45, 7) is 3.36. The molecule has 0 saturated carbocycles. The molecule has 1 amide bonds. The Morgan fingerprint density at radius 3 is 2.89 bits per heavy atom. The molecule has 0 bridgehead atoms. The number of carbonyl (C=O) groups excluding carboxylic acids is 1. The molecule has 0 aliphatic heterocycles. The van der Waals surface area contributed by atoms with Gasteiger partial charge in [0.25, 0.3) is 0 Å². The second-order valence-corrected chi connectivity index (χ2v) is 5.06. The summed E-state index contributed by atoms with van der Waals surface area (Å²) in [5, 5.41) is 6.37. The van der Waals surface area contributed by atoms with Gasteiger partial charge in [0.05, 0.1) is 18.8 Å². The number of carbonyl (C=O) groups is 1. The lowest BCUT2D eigenvalue weighted by Crippen LogP contribution is -2.30. The Bertz CT molecular complexity index is 427. The zero-order valence-electron chi connectivity index (χ0n) is 10.3. The molecule has 0 atom stereocenters. The second kappa shape index (κ2) is 7.74. The number of amides is 1. The number of anilines is 1. The molecule has 1 rings (SSSR count). The van der Waals surface area contributed by atoms with Crippen molar-refractivity contribution in [2.24, 2.45) is 0 Å². The third kappa shape index (κ3) is 4.94. The van der Waals surface area contributed by atoms with E-state index in [9.17, 15) is 4.79 Å². The quantitative estimate of drug-likeness (QED) is 0.786. The van der Waals surface area contributed by atoms with Crippen LogP contribution in [0.15, 0.2) is 16.6 Å². The number of hydrogen-bond acceptors (Lipinski definition) is 3. The fourth-order valence-electron chi connectivity index (χ4n) is 1.31. The smallest absolute Gasteiger partial charge is 0.238 e. The first-order valence-corrected chi connectivity index (χ1v) is 6.67. The Morgan fingerprint density at radius 1 is 1.50 bits per heavy atom. The van der Waals surface area contributed by atoms with E-state index in [1.165, 1.54) is 0 Å². The molecule has 0 heterocycles. The van der Waals surface area contributed by atoms with Crippen LogP contribution in [0.1, 0.15) is 5.56 Å². The van der Waals surface area contributed by atoms with Gasteiger partial charge in [0, 0.05) is 23.1 Å². The van der Waals surface area contributed by atoms with E-state index in [1.54, 1.807) is 13.2 Å². The average Bonchev–Trinajstić information content (AvgIpc) is 2.32. The van der Waals surface area contributed by atoms with Gasteiger partial charge in [-0.25, -0.2) is 0 Å². The minimum Gasteiger partial charge on any atom is -0.383 e. The van der Waals surface area contributed by atoms with Crippen molar-refractivity contribution in [2.45, 2.75) is 6.92 Å². The lowest BCUT2D eigenvalue weighted by molar-refractivity contribution is -0.115. The van der Waals surface area contributed by atoms with Crippen LogP contribution in [-0.2, 0) is 9.53 Å². The monoisotopic (exact) mass is 334 g/mol. The highest BCUT2D eigenvalue weighted by Gasteiger charge is 2.07. The Kier molecular flexibility index (Phi) is 6.63. The summed E-state index contributed by atoms with van der Waals surface area (Å²) in [7, 11) is 1.62. The third-order valence-electron chi connectivity index (χ3n) is 2.29. The van der Waals surface area contributed by atoms with E-state index in [-0.39, 0.29) is 12.5 Å². The summed E-state index contributed by atoms with van der Waals surface area (Å²) >= 11 is 9.40. The van der Waals surface area contributed by atoms with E-state index in [4.69, 9.17) is 16.3 Å². The number of nitrogens with one attached hydrogen (secondary N) is 2. The zero-order chi connectivity index (χ0) is 13.5. The van der Waals surface area contributed by atoms with Gasteiger partial charge in [-0.05, 0) is 40.5 Å². The molecule has 0 aliphatic carbocycles. The summed E-state index contributed by atoms with van der Waals surface area (Å²) in [6, 6.07) is 3.60. The van der Waals surface area contributed by atoms with Crippen molar-refractivity contribution in [2.75, 3.05) is 32.1 Å². The molecule has 1 aromatic rings. The van der Waals surface area contributed by atoms with Gasteiger partial charge >= 0.3 is 0 Å². The molecule has 2 N–H and O–H groups in total. The van der Waals surface area contributed by atoms with Crippen molar-refractivity contribution in [3.8, 4) is 0 Å². The van der Waals surface area contributed by atoms with Crippen molar-refractivity contribution in [3.05, 3.63) is 27.2 Å². The van der Waals surface area contributed by atoms with Gasteiger partial charge in [0.2, 0.25) is 5.91 Å². The molecule has 0 aliphatic rings. The predicted molar refractivity (Wildman–Crippen MR) is 77.3 cm³/mol. The summed E-state index contributed by atoms with van der Waals surface area (Å²) in [4.78, 5) is 11.6. The number of methoxy groups -OCH3 is 1. The van der Waals surface area contributed by atoms with E-state index >= 15 is 0 Å². The number of benzene rings is 1. The molecule has 0 fully saturated rings. The maximum absolute atomic E-state index is 11.6. The Balaban J connectivity index is 2.51. The molecule has 1 aromatic carbocycles. The van der Waals surface area contributed by atoms with Crippen LogP contribution < -0.4 is 10.6 Å². The Hall–Kier alpha value is -0.620. The van der Waals surface area contributed by atoms with Crippen LogP contribution in [0.3, 0.4) is 0 Å². The molecule has 6 heteroatoms. The predicted octanol–water partition coefficient (Wildman–Crippen LogP) is 2.59. The molecular formula is C12H16BrClN2O2. The molecule has 0 aromatic heterocycles. The molecule has 18 heavy (non-hydrogen) atoms. The van der Waals surface area contributed by atoms with Crippen molar-refractivity contribution in [3.63, 3.8) is 0 Å². The minimum absolute atomic E-state index is 0.119.